The highest BCUT2D eigenvalue weighted by Gasteiger charge is 2.15. The van der Waals surface area contributed by atoms with Gasteiger partial charge in [-0.15, -0.1) is 0 Å². The zero-order valence-electron chi connectivity index (χ0n) is 11.7. The van der Waals surface area contributed by atoms with Gasteiger partial charge >= 0.3 is 5.97 Å². The van der Waals surface area contributed by atoms with Crippen molar-refractivity contribution in [3.05, 3.63) is 35.9 Å². The number of nitrogens with two attached hydrogens (primary N) is 1. The van der Waals surface area contributed by atoms with Crippen molar-refractivity contribution in [3.8, 4) is 0 Å². The van der Waals surface area contributed by atoms with E-state index in [4.69, 9.17) is 10.8 Å². The summed E-state index contributed by atoms with van der Waals surface area (Å²) in [4.78, 5) is 22.3. The summed E-state index contributed by atoms with van der Waals surface area (Å²) in [5.41, 5.74) is 6.65. The number of hydrogen-bond donors (Lipinski definition) is 3. The molecule has 0 aromatic heterocycles. The van der Waals surface area contributed by atoms with Crippen LogP contribution in [0.25, 0.3) is 0 Å². The fraction of sp³-hybridized carbons (Fsp3) is 0.467. The first-order chi connectivity index (χ1) is 9.50. The van der Waals surface area contributed by atoms with Gasteiger partial charge in [0.15, 0.2) is 0 Å². The Morgan fingerprint density at radius 1 is 1.25 bits per heavy atom. The second kappa shape index (κ2) is 8.32. The molecule has 0 aliphatic rings. The minimum Gasteiger partial charge on any atom is -0.481 e. The quantitative estimate of drug-likeness (QED) is 0.674. The molecule has 0 fully saturated rings. The third kappa shape index (κ3) is 5.84. The molecule has 0 bridgehead atoms. The normalized spacial score (nSPS) is 13.5. The van der Waals surface area contributed by atoms with Gasteiger partial charge in [-0.1, -0.05) is 37.3 Å². The summed E-state index contributed by atoms with van der Waals surface area (Å²) < 4.78 is 0. The van der Waals surface area contributed by atoms with Crippen LogP contribution in [0.1, 0.15) is 37.8 Å². The molecule has 0 radical (unpaired) electrons. The van der Waals surface area contributed by atoms with E-state index in [1.54, 1.807) is 0 Å². The van der Waals surface area contributed by atoms with Gasteiger partial charge in [0.25, 0.3) is 0 Å². The average molecular weight is 278 g/mol. The Kier molecular flexibility index (Phi) is 6.73. The number of carbonyl (C=O) groups excluding carboxylic acids is 1. The zero-order chi connectivity index (χ0) is 15.0. The average Bonchev–Trinajstić information content (AvgIpc) is 2.45. The maximum Gasteiger partial charge on any atom is 0.303 e. The van der Waals surface area contributed by atoms with Gasteiger partial charge in [0.2, 0.25) is 5.91 Å². The number of hydrogen-bond acceptors (Lipinski definition) is 3. The Balaban J connectivity index is 2.28. The van der Waals surface area contributed by atoms with E-state index in [-0.39, 0.29) is 18.2 Å². The van der Waals surface area contributed by atoms with E-state index < -0.39 is 12.0 Å². The number of aliphatic carboxylic acids is 1. The van der Waals surface area contributed by atoms with Crippen molar-refractivity contribution in [2.24, 2.45) is 11.7 Å². The highest BCUT2D eigenvalue weighted by molar-refractivity contribution is 5.82. The Labute approximate surface area is 119 Å². The summed E-state index contributed by atoms with van der Waals surface area (Å²) in [6, 6.07) is 8.54. The van der Waals surface area contributed by atoms with Gasteiger partial charge in [-0.25, -0.2) is 0 Å². The monoisotopic (exact) mass is 278 g/mol. The lowest BCUT2D eigenvalue weighted by Gasteiger charge is -2.14. The topological polar surface area (TPSA) is 92.4 Å². The molecule has 20 heavy (non-hydrogen) atoms. The van der Waals surface area contributed by atoms with Crippen LogP contribution < -0.4 is 11.1 Å². The molecular weight excluding hydrogens is 256 g/mol. The third-order valence-corrected chi connectivity index (χ3v) is 3.23. The number of carbonyl (C=O) groups is 2. The van der Waals surface area contributed by atoms with E-state index in [1.165, 1.54) is 0 Å². The van der Waals surface area contributed by atoms with Crippen molar-refractivity contribution in [2.45, 2.75) is 32.2 Å². The maximum absolute atomic E-state index is 11.9. The molecule has 0 saturated carbocycles. The molecule has 0 heterocycles. The van der Waals surface area contributed by atoms with Gasteiger partial charge in [0.05, 0.1) is 0 Å². The van der Waals surface area contributed by atoms with Crippen molar-refractivity contribution < 1.29 is 14.7 Å². The molecule has 0 spiro atoms. The summed E-state index contributed by atoms with van der Waals surface area (Å²) in [5.74, 6) is -0.729. The standard InChI is InChI=1S/C15H22N2O3/c1-11(7-8-13(18)19)9-10-17-15(20)14(16)12-5-3-2-4-6-12/h2-6,11,14H,7-10,16H2,1H3,(H,17,20)(H,18,19)/t11?,14-/m0/s1. The van der Waals surface area contributed by atoms with Crippen LogP contribution in [0.5, 0.6) is 0 Å². The smallest absolute Gasteiger partial charge is 0.303 e. The van der Waals surface area contributed by atoms with Crippen LogP contribution in [0.2, 0.25) is 0 Å². The van der Waals surface area contributed by atoms with Crippen LogP contribution in [-0.2, 0) is 9.59 Å². The SMILES string of the molecule is CC(CCNC(=O)[C@@H](N)c1ccccc1)CCC(=O)O. The van der Waals surface area contributed by atoms with Crippen LogP contribution in [-0.4, -0.2) is 23.5 Å². The van der Waals surface area contributed by atoms with Gasteiger partial charge < -0.3 is 16.2 Å². The number of carboxylic acids is 1. The third-order valence-electron chi connectivity index (χ3n) is 3.23. The van der Waals surface area contributed by atoms with Crippen molar-refractivity contribution in [1.82, 2.24) is 5.32 Å². The fourth-order valence-corrected chi connectivity index (χ4v) is 1.88. The van der Waals surface area contributed by atoms with E-state index in [2.05, 4.69) is 5.32 Å². The highest BCUT2D eigenvalue weighted by atomic mass is 16.4. The van der Waals surface area contributed by atoms with Gasteiger partial charge in [-0.05, 0) is 24.3 Å². The van der Waals surface area contributed by atoms with E-state index in [0.29, 0.717) is 13.0 Å². The first-order valence-electron chi connectivity index (χ1n) is 6.80. The van der Waals surface area contributed by atoms with Crippen LogP contribution in [0.15, 0.2) is 30.3 Å². The summed E-state index contributed by atoms with van der Waals surface area (Å²) in [6.45, 7) is 2.49. The lowest BCUT2D eigenvalue weighted by Crippen LogP contribution is -2.35. The molecule has 5 nitrogen and oxygen atoms in total. The predicted octanol–water partition coefficient (Wildman–Crippen LogP) is 1.69. The number of carboxylic acid groups (broad SMARTS) is 1. The summed E-state index contributed by atoms with van der Waals surface area (Å²) >= 11 is 0. The van der Waals surface area contributed by atoms with Gasteiger partial charge in [-0.3, -0.25) is 9.59 Å². The second-order valence-corrected chi connectivity index (χ2v) is 5.01. The Bertz CT molecular complexity index is 434. The number of rotatable bonds is 8. The molecule has 5 heteroatoms. The first-order valence-corrected chi connectivity index (χ1v) is 6.80. The van der Waals surface area contributed by atoms with Crippen molar-refractivity contribution >= 4 is 11.9 Å². The minimum absolute atomic E-state index is 0.165. The Hall–Kier alpha value is -1.88. The van der Waals surface area contributed by atoms with Gasteiger partial charge in [-0.2, -0.15) is 0 Å². The van der Waals surface area contributed by atoms with Crippen LogP contribution >= 0.6 is 0 Å². The van der Waals surface area contributed by atoms with Crippen molar-refractivity contribution in [2.75, 3.05) is 6.54 Å². The molecule has 0 aliphatic carbocycles. The molecule has 0 aliphatic heterocycles. The number of benzene rings is 1. The van der Waals surface area contributed by atoms with E-state index in [0.717, 1.165) is 12.0 Å². The molecule has 1 aromatic carbocycles. The molecule has 1 rings (SSSR count). The maximum atomic E-state index is 11.9. The lowest BCUT2D eigenvalue weighted by molar-refractivity contribution is -0.137. The number of nitrogens with one attached hydrogen (secondary N) is 1. The molecule has 2 atom stereocenters. The molecule has 110 valence electrons. The second-order valence-electron chi connectivity index (χ2n) is 5.01. The van der Waals surface area contributed by atoms with Crippen LogP contribution in [0, 0.1) is 5.92 Å². The largest absolute Gasteiger partial charge is 0.481 e. The molecule has 1 aromatic rings. The van der Waals surface area contributed by atoms with Crippen molar-refractivity contribution in [3.63, 3.8) is 0 Å². The minimum atomic E-state index is -0.785. The van der Waals surface area contributed by atoms with Crippen LogP contribution in [0.4, 0.5) is 0 Å². The predicted molar refractivity (Wildman–Crippen MR) is 77.0 cm³/mol. The van der Waals surface area contributed by atoms with Gasteiger partial charge in [0, 0.05) is 13.0 Å². The van der Waals surface area contributed by atoms with Gasteiger partial charge in [0.1, 0.15) is 6.04 Å². The van der Waals surface area contributed by atoms with Crippen molar-refractivity contribution in [1.29, 1.82) is 0 Å². The van der Waals surface area contributed by atoms with E-state index in [9.17, 15) is 9.59 Å². The Morgan fingerprint density at radius 2 is 1.90 bits per heavy atom. The zero-order valence-corrected chi connectivity index (χ0v) is 11.7. The summed E-state index contributed by atoms with van der Waals surface area (Å²) in [5, 5.41) is 11.4. The summed E-state index contributed by atoms with van der Waals surface area (Å²) in [7, 11) is 0. The summed E-state index contributed by atoms with van der Waals surface area (Å²) in [6.07, 6.45) is 1.54. The van der Waals surface area contributed by atoms with E-state index >= 15 is 0 Å². The molecular formula is C15H22N2O3. The number of amides is 1. The van der Waals surface area contributed by atoms with E-state index in [1.807, 2.05) is 37.3 Å². The van der Waals surface area contributed by atoms with Crippen LogP contribution in [0.3, 0.4) is 0 Å². The highest BCUT2D eigenvalue weighted by Crippen LogP contribution is 2.11. The Morgan fingerprint density at radius 3 is 2.50 bits per heavy atom. The lowest BCUT2D eigenvalue weighted by atomic mass is 10.0. The first kappa shape index (κ1) is 16.2. The molecule has 4 N–H and O–H groups in total. The molecule has 0 saturated heterocycles. The molecule has 1 unspecified atom stereocenters. The fourth-order valence-electron chi connectivity index (χ4n) is 1.88. The molecule has 1 amide bonds.